The molecule has 0 aliphatic heterocycles. The second kappa shape index (κ2) is 7.11. The standard InChI is InChI=1S/C18H18ClN3O3/c1-11-8-15(21-25-11)10-24-18(23)17-12(2)20-22(13(17)3)9-14-6-4-5-7-16(14)19/h4-8H,9-10H2,1-3H3. The number of halogens is 1. The molecule has 0 fully saturated rings. The van der Waals surface area contributed by atoms with Gasteiger partial charge in [0, 0.05) is 11.1 Å². The van der Waals surface area contributed by atoms with Gasteiger partial charge in [-0.05, 0) is 32.4 Å². The second-order valence-electron chi connectivity index (χ2n) is 5.80. The summed E-state index contributed by atoms with van der Waals surface area (Å²) in [6, 6.07) is 9.29. The number of hydrogen-bond donors (Lipinski definition) is 0. The summed E-state index contributed by atoms with van der Waals surface area (Å²) < 4.78 is 12.1. The van der Waals surface area contributed by atoms with Crippen LogP contribution in [-0.4, -0.2) is 20.9 Å². The molecule has 0 aliphatic carbocycles. The molecule has 0 radical (unpaired) electrons. The van der Waals surface area contributed by atoms with Crippen molar-refractivity contribution in [2.24, 2.45) is 0 Å². The number of ether oxygens (including phenoxy) is 1. The number of carbonyl (C=O) groups is 1. The third kappa shape index (κ3) is 3.74. The lowest BCUT2D eigenvalue weighted by atomic mass is 10.2. The smallest absolute Gasteiger partial charge is 0.342 e. The Balaban J connectivity index is 1.77. The molecule has 0 saturated carbocycles. The minimum atomic E-state index is -0.430. The number of rotatable bonds is 5. The Morgan fingerprint density at radius 3 is 2.72 bits per heavy atom. The molecule has 130 valence electrons. The maximum Gasteiger partial charge on any atom is 0.342 e. The zero-order chi connectivity index (χ0) is 18.0. The van der Waals surface area contributed by atoms with Crippen molar-refractivity contribution in [2.75, 3.05) is 0 Å². The molecule has 1 aromatic carbocycles. The number of carbonyl (C=O) groups excluding carboxylic acids is 1. The fraction of sp³-hybridized carbons (Fsp3) is 0.278. The zero-order valence-corrected chi connectivity index (χ0v) is 15.0. The molecule has 25 heavy (non-hydrogen) atoms. The van der Waals surface area contributed by atoms with Gasteiger partial charge in [-0.25, -0.2) is 4.79 Å². The van der Waals surface area contributed by atoms with E-state index in [0.717, 1.165) is 11.3 Å². The van der Waals surface area contributed by atoms with Crippen molar-refractivity contribution in [3.8, 4) is 0 Å². The summed E-state index contributed by atoms with van der Waals surface area (Å²) in [5.74, 6) is 0.243. The Labute approximate surface area is 150 Å². The van der Waals surface area contributed by atoms with Crippen LogP contribution in [0.2, 0.25) is 5.02 Å². The fourth-order valence-corrected chi connectivity index (χ4v) is 2.83. The van der Waals surface area contributed by atoms with Crippen LogP contribution < -0.4 is 0 Å². The van der Waals surface area contributed by atoms with Crippen molar-refractivity contribution < 1.29 is 14.1 Å². The van der Waals surface area contributed by atoms with Crippen LogP contribution in [0.15, 0.2) is 34.9 Å². The van der Waals surface area contributed by atoms with E-state index in [-0.39, 0.29) is 6.61 Å². The van der Waals surface area contributed by atoms with Crippen molar-refractivity contribution >= 4 is 17.6 Å². The number of aryl methyl sites for hydroxylation is 2. The molecule has 0 aliphatic rings. The van der Waals surface area contributed by atoms with E-state index in [9.17, 15) is 4.79 Å². The Morgan fingerprint density at radius 1 is 1.28 bits per heavy atom. The number of esters is 1. The monoisotopic (exact) mass is 359 g/mol. The van der Waals surface area contributed by atoms with E-state index in [4.69, 9.17) is 20.9 Å². The molecule has 0 bridgehead atoms. The van der Waals surface area contributed by atoms with Crippen LogP contribution in [-0.2, 0) is 17.9 Å². The van der Waals surface area contributed by atoms with Crippen LogP contribution >= 0.6 is 11.6 Å². The maximum atomic E-state index is 12.4. The SMILES string of the molecule is Cc1cc(COC(=O)c2c(C)nn(Cc3ccccc3Cl)c2C)no1. The predicted molar refractivity (Wildman–Crippen MR) is 92.6 cm³/mol. The van der Waals surface area contributed by atoms with Crippen LogP contribution in [0.25, 0.3) is 0 Å². The minimum absolute atomic E-state index is 0.0603. The Bertz CT molecular complexity index is 914. The first-order valence-corrected chi connectivity index (χ1v) is 8.20. The highest BCUT2D eigenvalue weighted by Gasteiger charge is 2.21. The first-order valence-electron chi connectivity index (χ1n) is 7.82. The summed E-state index contributed by atoms with van der Waals surface area (Å²) in [7, 11) is 0. The van der Waals surface area contributed by atoms with Gasteiger partial charge < -0.3 is 9.26 Å². The molecule has 0 amide bonds. The molecule has 3 rings (SSSR count). The lowest BCUT2D eigenvalue weighted by molar-refractivity contribution is 0.0462. The van der Waals surface area contributed by atoms with Gasteiger partial charge in [0.15, 0.2) is 0 Å². The summed E-state index contributed by atoms with van der Waals surface area (Å²) in [5.41, 5.74) is 3.33. The number of nitrogens with zero attached hydrogens (tertiary/aromatic N) is 3. The van der Waals surface area contributed by atoms with Crippen LogP contribution in [0.4, 0.5) is 0 Å². The summed E-state index contributed by atoms with van der Waals surface area (Å²) in [6.45, 7) is 5.96. The maximum absolute atomic E-state index is 12.4. The van der Waals surface area contributed by atoms with Crippen LogP contribution in [0.5, 0.6) is 0 Å². The van der Waals surface area contributed by atoms with E-state index in [1.165, 1.54) is 0 Å². The Kier molecular flexibility index (Phi) is 4.90. The molecule has 2 aromatic heterocycles. The molecule has 0 saturated heterocycles. The highest BCUT2D eigenvalue weighted by molar-refractivity contribution is 6.31. The summed E-state index contributed by atoms with van der Waals surface area (Å²) in [6.07, 6.45) is 0. The fourth-order valence-electron chi connectivity index (χ4n) is 2.63. The van der Waals surface area contributed by atoms with E-state index in [2.05, 4.69) is 10.3 Å². The third-order valence-corrected chi connectivity index (χ3v) is 4.26. The van der Waals surface area contributed by atoms with Gasteiger partial charge in [-0.1, -0.05) is 35.0 Å². The molecule has 0 unspecified atom stereocenters. The first-order chi connectivity index (χ1) is 12.0. The van der Waals surface area contributed by atoms with Crippen molar-refractivity contribution in [3.05, 3.63) is 69.3 Å². The first kappa shape index (κ1) is 17.2. The van der Waals surface area contributed by atoms with Gasteiger partial charge in [-0.3, -0.25) is 4.68 Å². The van der Waals surface area contributed by atoms with E-state index < -0.39 is 5.97 Å². The highest BCUT2D eigenvalue weighted by atomic mass is 35.5. The summed E-state index contributed by atoms with van der Waals surface area (Å²) >= 11 is 6.21. The third-order valence-electron chi connectivity index (χ3n) is 3.89. The van der Waals surface area contributed by atoms with Gasteiger partial charge in [0.1, 0.15) is 23.6 Å². The minimum Gasteiger partial charge on any atom is -0.455 e. The zero-order valence-electron chi connectivity index (χ0n) is 14.2. The summed E-state index contributed by atoms with van der Waals surface area (Å²) in [4.78, 5) is 12.4. The van der Waals surface area contributed by atoms with E-state index in [0.29, 0.717) is 34.3 Å². The van der Waals surface area contributed by atoms with Crippen molar-refractivity contribution in [1.29, 1.82) is 0 Å². The van der Waals surface area contributed by atoms with Gasteiger partial charge in [0.25, 0.3) is 0 Å². The van der Waals surface area contributed by atoms with Crippen LogP contribution in [0.1, 0.15) is 38.8 Å². The Morgan fingerprint density at radius 2 is 2.04 bits per heavy atom. The van der Waals surface area contributed by atoms with Gasteiger partial charge >= 0.3 is 5.97 Å². The molecule has 2 heterocycles. The normalized spacial score (nSPS) is 10.9. The predicted octanol–water partition coefficient (Wildman–Crippen LogP) is 3.86. The summed E-state index contributed by atoms with van der Waals surface area (Å²) in [5, 5.41) is 8.93. The van der Waals surface area contributed by atoms with Crippen LogP contribution in [0, 0.1) is 20.8 Å². The average molecular weight is 360 g/mol. The van der Waals surface area contributed by atoms with Gasteiger partial charge in [-0.2, -0.15) is 5.10 Å². The number of hydrogen-bond acceptors (Lipinski definition) is 5. The lowest BCUT2D eigenvalue weighted by Gasteiger charge is -2.07. The van der Waals surface area contributed by atoms with Crippen LogP contribution in [0.3, 0.4) is 0 Å². The van der Waals surface area contributed by atoms with Gasteiger partial charge in [-0.15, -0.1) is 0 Å². The number of aromatic nitrogens is 3. The van der Waals surface area contributed by atoms with Gasteiger partial charge in [0.05, 0.1) is 17.9 Å². The lowest BCUT2D eigenvalue weighted by Crippen LogP contribution is -2.09. The quantitative estimate of drug-likeness (QED) is 0.647. The largest absolute Gasteiger partial charge is 0.455 e. The topological polar surface area (TPSA) is 70.2 Å². The van der Waals surface area contributed by atoms with E-state index in [1.54, 1.807) is 24.6 Å². The molecule has 3 aromatic rings. The molecule has 0 atom stereocenters. The Hall–Kier alpha value is -2.60. The van der Waals surface area contributed by atoms with E-state index >= 15 is 0 Å². The van der Waals surface area contributed by atoms with Crippen molar-refractivity contribution in [3.63, 3.8) is 0 Å². The second-order valence-corrected chi connectivity index (χ2v) is 6.21. The molecule has 6 nitrogen and oxygen atoms in total. The molecule has 0 N–H and O–H groups in total. The van der Waals surface area contributed by atoms with Gasteiger partial charge in [0.2, 0.25) is 0 Å². The molecule has 7 heteroatoms. The van der Waals surface area contributed by atoms with Crippen molar-refractivity contribution in [1.82, 2.24) is 14.9 Å². The average Bonchev–Trinajstić information content (AvgIpc) is 3.11. The van der Waals surface area contributed by atoms with E-state index in [1.807, 2.05) is 31.2 Å². The molecule has 0 spiro atoms. The highest BCUT2D eigenvalue weighted by Crippen LogP contribution is 2.20. The molecular formula is C18H18ClN3O3. The number of benzene rings is 1. The molecular weight excluding hydrogens is 342 g/mol. The van der Waals surface area contributed by atoms with Crippen molar-refractivity contribution in [2.45, 2.75) is 33.9 Å².